The van der Waals surface area contributed by atoms with Crippen molar-refractivity contribution < 1.29 is 13.2 Å². The highest BCUT2D eigenvalue weighted by molar-refractivity contribution is 7.89. The summed E-state index contributed by atoms with van der Waals surface area (Å²) in [5, 5.41) is 0. The van der Waals surface area contributed by atoms with Crippen LogP contribution in [0.1, 0.15) is 21.5 Å². The molecule has 2 aromatic rings. The number of hydrogen-bond acceptors (Lipinski definition) is 3. The summed E-state index contributed by atoms with van der Waals surface area (Å²) < 4.78 is 26.5. The second-order valence-corrected chi connectivity index (χ2v) is 7.47. The van der Waals surface area contributed by atoms with Crippen LogP contribution in [0.5, 0.6) is 0 Å². The maximum Gasteiger partial charge on any atom is 0.253 e. The first-order valence-corrected chi connectivity index (χ1v) is 9.16. The summed E-state index contributed by atoms with van der Waals surface area (Å²) in [7, 11) is -2.05. The predicted octanol–water partition coefficient (Wildman–Crippen LogP) is 2.18. The van der Waals surface area contributed by atoms with Gasteiger partial charge < -0.3 is 4.90 Å². The predicted molar refractivity (Wildman–Crippen MR) is 97.4 cm³/mol. The van der Waals surface area contributed by atoms with E-state index in [4.69, 9.17) is 6.42 Å². The Bertz CT molecular complexity index is 897. The van der Waals surface area contributed by atoms with Gasteiger partial charge in [0.25, 0.3) is 5.91 Å². The van der Waals surface area contributed by atoms with Crippen molar-refractivity contribution in [2.75, 3.05) is 13.6 Å². The molecule has 0 saturated carbocycles. The smallest absolute Gasteiger partial charge is 0.253 e. The summed E-state index contributed by atoms with van der Waals surface area (Å²) in [5.74, 6) is 1.96. The van der Waals surface area contributed by atoms with Crippen molar-refractivity contribution in [3.05, 3.63) is 65.2 Å². The third-order valence-electron chi connectivity index (χ3n) is 3.64. The number of nitrogens with zero attached hydrogens (tertiary/aromatic N) is 1. The van der Waals surface area contributed by atoms with E-state index in [2.05, 4.69) is 10.6 Å². The number of amides is 1. The van der Waals surface area contributed by atoms with E-state index in [1.807, 2.05) is 31.2 Å². The molecule has 0 heterocycles. The molecular formula is C19H20N2O3S. The second kappa shape index (κ2) is 7.97. The number of aryl methyl sites for hydroxylation is 1. The Labute approximate surface area is 148 Å². The first-order valence-electron chi connectivity index (χ1n) is 7.67. The van der Waals surface area contributed by atoms with Gasteiger partial charge in [0.05, 0.1) is 11.4 Å². The molecule has 1 N–H and O–H groups in total. The molecule has 130 valence electrons. The Morgan fingerprint density at radius 1 is 1.20 bits per heavy atom. The molecule has 6 heteroatoms. The topological polar surface area (TPSA) is 66.5 Å². The molecule has 2 rings (SSSR count). The molecule has 0 spiro atoms. The van der Waals surface area contributed by atoms with Crippen molar-refractivity contribution in [1.29, 1.82) is 0 Å². The molecule has 0 atom stereocenters. The van der Waals surface area contributed by atoms with Crippen molar-refractivity contribution in [3.8, 4) is 12.3 Å². The third kappa shape index (κ3) is 4.92. The van der Waals surface area contributed by atoms with E-state index in [-0.39, 0.29) is 17.3 Å². The van der Waals surface area contributed by atoms with Gasteiger partial charge in [0.15, 0.2) is 0 Å². The molecule has 0 aromatic heterocycles. The first-order chi connectivity index (χ1) is 11.8. The van der Waals surface area contributed by atoms with Crippen LogP contribution in [-0.2, 0) is 16.6 Å². The summed E-state index contributed by atoms with van der Waals surface area (Å²) in [6.45, 7) is 2.33. The van der Waals surface area contributed by atoms with E-state index in [0.29, 0.717) is 12.1 Å². The van der Waals surface area contributed by atoms with Gasteiger partial charge in [-0.15, -0.1) is 6.42 Å². The molecule has 0 radical (unpaired) electrons. The Morgan fingerprint density at radius 2 is 1.88 bits per heavy atom. The van der Waals surface area contributed by atoms with Crippen molar-refractivity contribution in [2.45, 2.75) is 18.4 Å². The van der Waals surface area contributed by atoms with E-state index in [0.717, 1.165) is 11.1 Å². The molecule has 25 heavy (non-hydrogen) atoms. The van der Waals surface area contributed by atoms with Crippen LogP contribution in [0.15, 0.2) is 53.4 Å². The third-order valence-corrected chi connectivity index (χ3v) is 5.04. The van der Waals surface area contributed by atoms with Crippen molar-refractivity contribution in [1.82, 2.24) is 9.62 Å². The van der Waals surface area contributed by atoms with E-state index >= 15 is 0 Å². The zero-order valence-corrected chi connectivity index (χ0v) is 15.0. The highest BCUT2D eigenvalue weighted by Crippen LogP contribution is 2.14. The van der Waals surface area contributed by atoms with Gasteiger partial charge in [0.2, 0.25) is 10.0 Å². The second-order valence-electron chi connectivity index (χ2n) is 5.70. The number of carbonyl (C=O) groups excluding carboxylic acids is 1. The highest BCUT2D eigenvalue weighted by Gasteiger charge is 2.17. The SMILES string of the molecule is C#CCNS(=O)(=O)c1cccc(C(=O)N(C)Cc2ccc(C)cc2)c1. The van der Waals surface area contributed by atoms with Crippen LogP contribution in [0.3, 0.4) is 0 Å². The zero-order chi connectivity index (χ0) is 18.4. The quantitative estimate of drug-likeness (QED) is 0.807. The van der Waals surface area contributed by atoms with Gasteiger partial charge in [-0.05, 0) is 30.7 Å². The standard InChI is InChI=1S/C19H20N2O3S/c1-4-12-20-25(23,24)18-7-5-6-17(13-18)19(22)21(3)14-16-10-8-15(2)9-11-16/h1,5-11,13,20H,12,14H2,2-3H3. The molecule has 5 nitrogen and oxygen atoms in total. The van der Waals surface area contributed by atoms with Crippen molar-refractivity contribution in [2.24, 2.45) is 0 Å². The summed E-state index contributed by atoms with van der Waals surface area (Å²) in [4.78, 5) is 14.1. The fraction of sp³-hybridized carbons (Fsp3) is 0.211. The minimum absolute atomic E-state index is 0.0114. The zero-order valence-electron chi connectivity index (χ0n) is 14.2. The highest BCUT2D eigenvalue weighted by atomic mass is 32.2. The van der Waals surface area contributed by atoms with E-state index in [1.165, 1.54) is 18.2 Å². The van der Waals surface area contributed by atoms with E-state index < -0.39 is 10.0 Å². The molecule has 0 saturated heterocycles. The fourth-order valence-electron chi connectivity index (χ4n) is 2.28. The Balaban J connectivity index is 2.17. The van der Waals surface area contributed by atoms with Crippen LogP contribution in [-0.4, -0.2) is 32.8 Å². The summed E-state index contributed by atoms with van der Waals surface area (Å²) in [6, 6.07) is 13.8. The lowest BCUT2D eigenvalue weighted by Crippen LogP contribution is -2.27. The largest absolute Gasteiger partial charge is 0.337 e. The molecule has 0 aliphatic rings. The summed E-state index contributed by atoms with van der Waals surface area (Å²) >= 11 is 0. The van der Waals surface area contributed by atoms with Crippen LogP contribution < -0.4 is 4.72 Å². The number of terminal acetylenes is 1. The molecule has 2 aromatic carbocycles. The maximum atomic E-state index is 12.6. The molecule has 0 bridgehead atoms. The Kier molecular flexibility index (Phi) is 5.97. The van der Waals surface area contributed by atoms with Gasteiger partial charge in [0.1, 0.15) is 0 Å². The number of nitrogens with one attached hydrogen (secondary N) is 1. The number of rotatable bonds is 6. The molecule has 0 unspecified atom stereocenters. The molecule has 0 aliphatic carbocycles. The van der Waals surface area contributed by atoms with Gasteiger partial charge in [-0.3, -0.25) is 4.79 Å². The van der Waals surface area contributed by atoms with Crippen molar-refractivity contribution in [3.63, 3.8) is 0 Å². The molecule has 0 fully saturated rings. The fourth-order valence-corrected chi connectivity index (χ4v) is 3.26. The summed E-state index contributed by atoms with van der Waals surface area (Å²) in [6.07, 6.45) is 5.08. The first kappa shape index (κ1) is 18.7. The van der Waals surface area contributed by atoms with Crippen LogP contribution in [0.4, 0.5) is 0 Å². The average molecular weight is 356 g/mol. The van der Waals surface area contributed by atoms with Gasteiger partial charge >= 0.3 is 0 Å². The maximum absolute atomic E-state index is 12.6. The van der Waals surface area contributed by atoms with Gasteiger partial charge in [-0.25, -0.2) is 8.42 Å². The average Bonchev–Trinajstić information content (AvgIpc) is 2.61. The minimum atomic E-state index is -3.73. The lowest BCUT2D eigenvalue weighted by molar-refractivity contribution is 0.0785. The van der Waals surface area contributed by atoms with E-state index in [1.54, 1.807) is 18.0 Å². The number of sulfonamides is 1. The molecule has 0 aliphatic heterocycles. The van der Waals surface area contributed by atoms with Crippen LogP contribution in [0.25, 0.3) is 0 Å². The number of benzene rings is 2. The molecule has 1 amide bonds. The van der Waals surface area contributed by atoms with Gasteiger partial charge in [-0.2, -0.15) is 4.72 Å². The molecular weight excluding hydrogens is 336 g/mol. The Morgan fingerprint density at radius 3 is 2.52 bits per heavy atom. The monoisotopic (exact) mass is 356 g/mol. The number of carbonyl (C=O) groups is 1. The summed E-state index contributed by atoms with van der Waals surface area (Å²) in [5.41, 5.74) is 2.45. The normalized spacial score (nSPS) is 10.9. The number of hydrogen-bond donors (Lipinski definition) is 1. The van der Waals surface area contributed by atoms with Crippen molar-refractivity contribution >= 4 is 15.9 Å². The van der Waals surface area contributed by atoms with Crippen LogP contribution >= 0.6 is 0 Å². The van der Waals surface area contributed by atoms with Gasteiger partial charge in [-0.1, -0.05) is 41.8 Å². The van der Waals surface area contributed by atoms with Crippen LogP contribution in [0, 0.1) is 19.3 Å². The lowest BCUT2D eigenvalue weighted by Gasteiger charge is -2.18. The van der Waals surface area contributed by atoms with Crippen LogP contribution in [0.2, 0.25) is 0 Å². The van der Waals surface area contributed by atoms with E-state index in [9.17, 15) is 13.2 Å². The van der Waals surface area contributed by atoms with Gasteiger partial charge in [0, 0.05) is 19.2 Å². The lowest BCUT2D eigenvalue weighted by atomic mass is 10.1. The Hall–Kier alpha value is -2.62. The minimum Gasteiger partial charge on any atom is -0.337 e.